The maximum Gasteiger partial charge on any atom is 0.196 e. The Morgan fingerprint density at radius 3 is 2.40 bits per heavy atom. The van der Waals surface area contributed by atoms with Crippen molar-refractivity contribution in [2.75, 3.05) is 0 Å². The number of H-pyrrole nitrogens is 1. The zero-order chi connectivity index (χ0) is 20.2. The summed E-state index contributed by atoms with van der Waals surface area (Å²) in [6, 6.07) is 28.3. The van der Waals surface area contributed by atoms with Gasteiger partial charge in [-0.2, -0.15) is 0 Å². The average Bonchev–Trinajstić information content (AvgIpc) is 3.41. The molecule has 0 saturated heterocycles. The summed E-state index contributed by atoms with van der Waals surface area (Å²) in [5.74, 6) is 2.38. The molecule has 5 rings (SSSR count). The van der Waals surface area contributed by atoms with Gasteiger partial charge in [-0.3, -0.25) is 4.57 Å². The molecule has 0 atom stereocenters. The van der Waals surface area contributed by atoms with Crippen molar-refractivity contribution in [3.63, 3.8) is 0 Å². The molecule has 0 aliphatic heterocycles. The second kappa shape index (κ2) is 8.47. The molecule has 3 aromatic carbocycles. The van der Waals surface area contributed by atoms with E-state index in [0.717, 1.165) is 33.7 Å². The number of rotatable bonds is 7. The Morgan fingerprint density at radius 2 is 1.57 bits per heavy atom. The number of aromatic amines is 1. The summed E-state index contributed by atoms with van der Waals surface area (Å²) in [4.78, 5) is 3.34. The lowest BCUT2D eigenvalue weighted by Gasteiger charge is -2.11. The Bertz CT molecular complexity index is 1250. The zero-order valence-corrected chi connectivity index (χ0v) is 17.0. The van der Waals surface area contributed by atoms with Crippen LogP contribution in [-0.2, 0) is 12.4 Å². The number of para-hydroxylation sites is 3. The molecule has 0 aliphatic carbocycles. The number of benzene rings is 3. The molecule has 0 saturated carbocycles. The molecule has 6 heteroatoms. The van der Waals surface area contributed by atoms with Crippen molar-refractivity contribution in [2.24, 2.45) is 0 Å². The highest BCUT2D eigenvalue weighted by atomic mass is 32.2. The number of ether oxygens (including phenoxy) is 1. The van der Waals surface area contributed by atoms with Crippen molar-refractivity contribution in [1.29, 1.82) is 0 Å². The lowest BCUT2D eigenvalue weighted by Crippen LogP contribution is -2.06. The van der Waals surface area contributed by atoms with Gasteiger partial charge in [-0.15, -0.1) is 10.2 Å². The van der Waals surface area contributed by atoms with E-state index in [1.165, 1.54) is 10.9 Å². The van der Waals surface area contributed by atoms with Crippen LogP contribution in [0.15, 0.2) is 96.3 Å². The first-order chi connectivity index (χ1) is 14.9. The molecule has 0 amide bonds. The Labute approximate surface area is 178 Å². The van der Waals surface area contributed by atoms with Crippen molar-refractivity contribution in [2.45, 2.75) is 17.5 Å². The van der Waals surface area contributed by atoms with Crippen LogP contribution in [0.1, 0.15) is 11.4 Å². The lowest BCUT2D eigenvalue weighted by atomic mass is 10.2. The molecule has 2 heterocycles. The highest BCUT2D eigenvalue weighted by molar-refractivity contribution is 7.98. The van der Waals surface area contributed by atoms with Crippen LogP contribution in [0.4, 0.5) is 0 Å². The van der Waals surface area contributed by atoms with Crippen LogP contribution < -0.4 is 4.74 Å². The summed E-state index contributed by atoms with van der Waals surface area (Å²) in [5, 5.41) is 11.0. The van der Waals surface area contributed by atoms with Gasteiger partial charge in [0, 0.05) is 28.5 Å². The van der Waals surface area contributed by atoms with Gasteiger partial charge in [0.05, 0.1) is 0 Å². The number of nitrogens with one attached hydrogen (secondary N) is 1. The molecule has 0 fully saturated rings. The second-order valence-corrected chi connectivity index (χ2v) is 7.76. The van der Waals surface area contributed by atoms with Gasteiger partial charge in [0.15, 0.2) is 11.0 Å². The smallest absolute Gasteiger partial charge is 0.196 e. The van der Waals surface area contributed by atoms with E-state index in [9.17, 15) is 0 Å². The van der Waals surface area contributed by atoms with Gasteiger partial charge in [-0.05, 0) is 35.9 Å². The third-order valence-electron chi connectivity index (χ3n) is 4.86. The van der Waals surface area contributed by atoms with Crippen LogP contribution in [0, 0.1) is 0 Å². The van der Waals surface area contributed by atoms with Crippen molar-refractivity contribution in [3.8, 4) is 11.4 Å². The molecule has 30 heavy (non-hydrogen) atoms. The average molecular weight is 413 g/mol. The van der Waals surface area contributed by atoms with Gasteiger partial charge in [-0.1, -0.05) is 66.4 Å². The first-order valence-corrected chi connectivity index (χ1v) is 10.7. The third-order valence-corrected chi connectivity index (χ3v) is 5.84. The zero-order valence-electron chi connectivity index (χ0n) is 16.2. The fourth-order valence-electron chi connectivity index (χ4n) is 3.38. The highest BCUT2D eigenvalue weighted by Crippen LogP contribution is 2.29. The number of aromatic nitrogens is 4. The van der Waals surface area contributed by atoms with Gasteiger partial charge in [0.25, 0.3) is 0 Å². The van der Waals surface area contributed by atoms with Crippen LogP contribution in [-0.4, -0.2) is 19.7 Å². The molecule has 148 valence electrons. The normalized spacial score (nSPS) is 11.1. The second-order valence-electron chi connectivity index (χ2n) is 6.82. The molecule has 0 unspecified atom stereocenters. The predicted molar refractivity (Wildman–Crippen MR) is 120 cm³/mol. The minimum Gasteiger partial charge on any atom is -0.486 e. The quantitative estimate of drug-likeness (QED) is 0.353. The molecular formula is C24H20N4OS. The maximum atomic E-state index is 5.94. The van der Waals surface area contributed by atoms with E-state index in [4.69, 9.17) is 4.74 Å². The van der Waals surface area contributed by atoms with E-state index in [0.29, 0.717) is 6.61 Å². The van der Waals surface area contributed by atoms with Crippen molar-refractivity contribution < 1.29 is 4.74 Å². The summed E-state index contributed by atoms with van der Waals surface area (Å²) in [6.45, 7) is 0.347. The lowest BCUT2D eigenvalue weighted by molar-refractivity contribution is 0.293. The van der Waals surface area contributed by atoms with Crippen LogP contribution in [0.5, 0.6) is 5.75 Å². The minimum atomic E-state index is 0.347. The number of hydrogen-bond acceptors (Lipinski definition) is 4. The molecule has 0 aliphatic rings. The largest absolute Gasteiger partial charge is 0.486 e. The molecule has 2 aromatic heterocycles. The molecule has 0 bridgehead atoms. The van der Waals surface area contributed by atoms with E-state index in [-0.39, 0.29) is 0 Å². The third kappa shape index (κ3) is 3.82. The fraction of sp³-hybridized carbons (Fsp3) is 0.0833. The standard InChI is InChI=1S/C24H20N4OS/c1-3-9-19(10-4-1)28-23(16-29-20-11-5-2-6-12-20)26-27-24(28)30-17-18-15-25-22-14-8-7-13-21(18)22/h1-15,25H,16-17H2. The Hall–Kier alpha value is -3.51. The molecule has 0 spiro atoms. The van der Waals surface area contributed by atoms with E-state index < -0.39 is 0 Å². The van der Waals surface area contributed by atoms with Crippen molar-refractivity contribution >= 4 is 22.7 Å². The first-order valence-electron chi connectivity index (χ1n) is 9.74. The first kappa shape index (κ1) is 18.5. The van der Waals surface area contributed by atoms with E-state index in [2.05, 4.69) is 56.3 Å². The summed E-state index contributed by atoms with van der Waals surface area (Å²) >= 11 is 1.67. The van der Waals surface area contributed by atoms with Crippen molar-refractivity contribution in [3.05, 3.63) is 103 Å². The number of fused-ring (bicyclic) bond motifs is 1. The van der Waals surface area contributed by atoms with Crippen LogP contribution in [0.3, 0.4) is 0 Å². The summed E-state index contributed by atoms with van der Waals surface area (Å²) in [7, 11) is 0. The molecular weight excluding hydrogens is 392 g/mol. The molecule has 5 nitrogen and oxygen atoms in total. The SMILES string of the molecule is c1ccc(OCc2nnc(SCc3c[nH]c4ccccc34)n2-c2ccccc2)cc1. The van der Waals surface area contributed by atoms with E-state index in [1.807, 2.05) is 54.6 Å². The van der Waals surface area contributed by atoms with Gasteiger partial charge >= 0.3 is 0 Å². The van der Waals surface area contributed by atoms with Crippen LogP contribution >= 0.6 is 11.8 Å². The Kier molecular flexibility index (Phi) is 5.23. The van der Waals surface area contributed by atoms with Gasteiger partial charge in [0.1, 0.15) is 12.4 Å². The van der Waals surface area contributed by atoms with E-state index >= 15 is 0 Å². The van der Waals surface area contributed by atoms with Crippen molar-refractivity contribution in [1.82, 2.24) is 19.7 Å². The van der Waals surface area contributed by atoms with Gasteiger partial charge < -0.3 is 9.72 Å². The minimum absolute atomic E-state index is 0.347. The monoisotopic (exact) mass is 412 g/mol. The van der Waals surface area contributed by atoms with Crippen LogP contribution in [0.25, 0.3) is 16.6 Å². The Morgan fingerprint density at radius 1 is 0.833 bits per heavy atom. The number of nitrogens with zero attached hydrogens (tertiary/aromatic N) is 3. The molecule has 0 radical (unpaired) electrons. The van der Waals surface area contributed by atoms with Crippen LogP contribution in [0.2, 0.25) is 0 Å². The highest BCUT2D eigenvalue weighted by Gasteiger charge is 2.16. The summed E-state index contributed by atoms with van der Waals surface area (Å²) in [5.41, 5.74) is 3.42. The van der Waals surface area contributed by atoms with Gasteiger partial charge in [-0.25, -0.2) is 0 Å². The number of thioether (sulfide) groups is 1. The predicted octanol–water partition coefficient (Wildman–Crippen LogP) is 5.62. The Balaban J connectivity index is 1.42. The topological polar surface area (TPSA) is 55.7 Å². The van der Waals surface area contributed by atoms with Gasteiger partial charge in [0.2, 0.25) is 0 Å². The number of hydrogen-bond donors (Lipinski definition) is 1. The molecule has 1 N–H and O–H groups in total. The van der Waals surface area contributed by atoms with E-state index in [1.54, 1.807) is 11.8 Å². The summed E-state index contributed by atoms with van der Waals surface area (Å²) in [6.07, 6.45) is 2.07. The fourth-order valence-corrected chi connectivity index (χ4v) is 4.34. The summed E-state index contributed by atoms with van der Waals surface area (Å²) < 4.78 is 8.01. The maximum absolute atomic E-state index is 5.94. The molecule has 5 aromatic rings.